The topological polar surface area (TPSA) is 98.7 Å². The number of rotatable bonds is 12. The fourth-order valence-electron chi connectivity index (χ4n) is 5.23. The summed E-state index contributed by atoms with van der Waals surface area (Å²) in [7, 11) is 1.61. The van der Waals surface area contributed by atoms with E-state index in [0.717, 1.165) is 44.9 Å². The highest BCUT2D eigenvalue weighted by atomic mass is 16.3. The van der Waals surface area contributed by atoms with Crippen LogP contribution in [0.15, 0.2) is 12.2 Å². The number of hydrogen-bond donors (Lipinski definition) is 3. The van der Waals surface area contributed by atoms with Gasteiger partial charge < -0.3 is 20.6 Å². The summed E-state index contributed by atoms with van der Waals surface area (Å²) in [6.45, 7) is 6.78. The summed E-state index contributed by atoms with van der Waals surface area (Å²) in [4.78, 5) is 41.4. The van der Waals surface area contributed by atoms with Gasteiger partial charge in [-0.1, -0.05) is 45.3 Å². The Morgan fingerprint density at radius 3 is 2.45 bits per heavy atom. The lowest BCUT2D eigenvalue weighted by atomic mass is 9.69. The lowest BCUT2D eigenvalue weighted by Gasteiger charge is -2.34. The number of carbonyl (C=O) groups is 3. The highest BCUT2D eigenvalue weighted by Gasteiger charge is 2.56. The molecule has 1 fully saturated rings. The average molecular weight is 436 g/mol. The number of aliphatic hydroxyl groups is 1. The number of aliphatic hydroxyl groups excluding tert-OH is 1. The van der Waals surface area contributed by atoms with Gasteiger partial charge in [0, 0.05) is 32.2 Å². The number of amides is 3. The number of allylic oxidation sites excluding steroid dienone is 1. The van der Waals surface area contributed by atoms with E-state index in [-0.39, 0.29) is 42.2 Å². The second-order valence-corrected chi connectivity index (χ2v) is 9.01. The molecule has 3 N–H and O–H groups in total. The van der Waals surface area contributed by atoms with Gasteiger partial charge in [0.15, 0.2) is 0 Å². The van der Waals surface area contributed by atoms with Crippen molar-refractivity contribution in [2.45, 2.75) is 77.8 Å². The molecule has 2 aliphatic rings. The maximum atomic E-state index is 13.6. The van der Waals surface area contributed by atoms with Crippen molar-refractivity contribution < 1.29 is 19.5 Å². The predicted molar refractivity (Wildman–Crippen MR) is 121 cm³/mol. The van der Waals surface area contributed by atoms with E-state index in [0.29, 0.717) is 6.54 Å². The Bertz CT molecular complexity index is 651. The molecule has 0 aromatic rings. The van der Waals surface area contributed by atoms with Crippen molar-refractivity contribution in [3.05, 3.63) is 12.2 Å². The molecule has 7 heteroatoms. The smallest absolute Gasteiger partial charge is 0.243 e. The molecule has 7 nitrogen and oxygen atoms in total. The predicted octanol–water partition coefficient (Wildman–Crippen LogP) is 2.25. The first-order valence-corrected chi connectivity index (χ1v) is 12.0. The molecule has 0 aromatic carbocycles. The van der Waals surface area contributed by atoms with Crippen LogP contribution in [-0.4, -0.2) is 60.0 Å². The first kappa shape index (κ1) is 25.4. The molecule has 0 spiro atoms. The molecule has 3 amide bonds. The molecule has 1 aliphatic heterocycles. The maximum absolute atomic E-state index is 13.6. The van der Waals surface area contributed by atoms with Gasteiger partial charge in [-0.3, -0.25) is 14.4 Å². The average Bonchev–Trinajstić information content (AvgIpc) is 3.04. The minimum atomic E-state index is -0.573. The number of carbonyl (C=O) groups excluding carboxylic acids is 3. The number of hydrogen-bond acceptors (Lipinski definition) is 4. The summed E-state index contributed by atoms with van der Waals surface area (Å²) in [5, 5.41) is 14.8. The Hall–Kier alpha value is -1.89. The van der Waals surface area contributed by atoms with E-state index >= 15 is 0 Å². The highest BCUT2D eigenvalue weighted by Crippen LogP contribution is 2.45. The SMILES string of the molecule is CCCC(C)NC(=O)[C@@H]1[C@H]2C=C[C@@H](CC)[C@@H](C(=O)NC)[C@H]2C(=O)N1CCCCCCO. The molecule has 1 unspecified atom stereocenters. The largest absolute Gasteiger partial charge is 0.396 e. The molecule has 176 valence electrons. The quantitative estimate of drug-likeness (QED) is 0.323. The molecule has 0 radical (unpaired) electrons. The van der Waals surface area contributed by atoms with Gasteiger partial charge in [0.05, 0.1) is 11.8 Å². The van der Waals surface area contributed by atoms with Crippen molar-refractivity contribution >= 4 is 17.7 Å². The Morgan fingerprint density at radius 1 is 1.13 bits per heavy atom. The van der Waals surface area contributed by atoms with Crippen molar-refractivity contribution in [3.63, 3.8) is 0 Å². The van der Waals surface area contributed by atoms with E-state index in [4.69, 9.17) is 5.11 Å². The van der Waals surface area contributed by atoms with Gasteiger partial charge in [0.1, 0.15) is 6.04 Å². The Morgan fingerprint density at radius 2 is 1.84 bits per heavy atom. The molecule has 6 atom stereocenters. The van der Waals surface area contributed by atoms with Crippen molar-refractivity contribution in [1.29, 1.82) is 0 Å². The third-order valence-corrected chi connectivity index (χ3v) is 6.82. The van der Waals surface area contributed by atoms with Crippen LogP contribution < -0.4 is 10.6 Å². The summed E-state index contributed by atoms with van der Waals surface area (Å²) in [5.41, 5.74) is 0. The van der Waals surface area contributed by atoms with Gasteiger partial charge in [-0.2, -0.15) is 0 Å². The summed E-state index contributed by atoms with van der Waals surface area (Å²) in [5.74, 6) is -1.55. The van der Waals surface area contributed by atoms with E-state index in [9.17, 15) is 14.4 Å². The number of nitrogens with zero attached hydrogens (tertiary/aromatic N) is 1. The van der Waals surface area contributed by atoms with Crippen LogP contribution in [0.3, 0.4) is 0 Å². The van der Waals surface area contributed by atoms with Crippen LogP contribution in [0.1, 0.15) is 65.7 Å². The lowest BCUT2D eigenvalue weighted by molar-refractivity contribution is -0.141. The highest BCUT2D eigenvalue weighted by molar-refractivity contribution is 5.96. The number of nitrogens with one attached hydrogen (secondary N) is 2. The first-order valence-electron chi connectivity index (χ1n) is 12.0. The van der Waals surface area contributed by atoms with Crippen LogP contribution in [0, 0.1) is 23.7 Å². The zero-order valence-corrected chi connectivity index (χ0v) is 19.6. The zero-order valence-electron chi connectivity index (χ0n) is 19.6. The van der Waals surface area contributed by atoms with Crippen molar-refractivity contribution in [2.24, 2.45) is 23.7 Å². The monoisotopic (exact) mass is 435 g/mol. The van der Waals surface area contributed by atoms with Gasteiger partial charge in [-0.25, -0.2) is 0 Å². The van der Waals surface area contributed by atoms with E-state index in [1.165, 1.54) is 0 Å². The van der Waals surface area contributed by atoms with Gasteiger partial charge in [-0.05, 0) is 38.5 Å². The molecular formula is C24H41N3O4. The van der Waals surface area contributed by atoms with Crippen LogP contribution in [0.2, 0.25) is 0 Å². The van der Waals surface area contributed by atoms with Gasteiger partial charge in [0.25, 0.3) is 0 Å². The number of unbranched alkanes of at least 4 members (excludes halogenated alkanes) is 3. The van der Waals surface area contributed by atoms with Crippen molar-refractivity contribution in [1.82, 2.24) is 15.5 Å². The summed E-state index contributed by atoms with van der Waals surface area (Å²) in [6.07, 6.45) is 10.0. The van der Waals surface area contributed by atoms with E-state index in [2.05, 4.69) is 17.6 Å². The first-order chi connectivity index (χ1) is 14.9. The van der Waals surface area contributed by atoms with Crippen LogP contribution in [0.4, 0.5) is 0 Å². The standard InChI is InChI=1S/C24H41N3O4/c1-5-11-16(3)26-23(30)21-18-13-12-17(6-2)19(22(29)25-4)20(18)24(31)27(21)14-9-7-8-10-15-28/h12-13,16-21,28H,5-11,14-15H2,1-4H3,(H,25,29)(H,26,30)/t16?,17-,18+,19-,20+,21+/m1/s1. The van der Waals surface area contributed by atoms with E-state index < -0.39 is 17.9 Å². The Kier molecular flexibility index (Phi) is 10.0. The Labute approximate surface area is 187 Å². The zero-order chi connectivity index (χ0) is 23.0. The van der Waals surface area contributed by atoms with Crippen LogP contribution >= 0.6 is 0 Å². The molecular weight excluding hydrogens is 394 g/mol. The fourth-order valence-corrected chi connectivity index (χ4v) is 5.23. The maximum Gasteiger partial charge on any atom is 0.243 e. The molecule has 0 aromatic heterocycles. The van der Waals surface area contributed by atoms with Crippen LogP contribution in [0.25, 0.3) is 0 Å². The Balaban J connectivity index is 2.29. The molecule has 1 saturated heterocycles. The third kappa shape index (κ3) is 5.88. The summed E-state index contributed by atoms with van der Waals surface area (Å²) in [6, 6.07) is -0.528. The minimum Gasteiger partial charge on any atom is -0.396 e. The normalized spacial score (nSPS) is 28.4. The molecule has 1 heterocycles. The third-order valence-electron chi connectivity index (χ3n) is 6.82. The van der Waals surface area contributed by atoms with Crippen LogP contribution in [0.5, 0.6) is 0 Å². The van der Waals surface area contributed by atoms with Gasteiger partial charge >= 0.3 is 0 Å². The second-order valence-electron chi connectivity index (χ2n) is 9.01. The van der Waals surface area contributed by atoms with Crippen LogP contribution in [-0.2, 0) is 14.4 Å². The lowest BCUT2D eigenvalue weighted by Crippen LogP contribution is -2.49. The van der Waals surface area contributed by atoms with Gasteiger partial charge in [-0.15, -0.1) is 0 Å². The second kappa shape index (κ2) is 12.2. The summed E-state index contributed by atoms with van der Waals surface area (Å²) >= 11 is 0. The summed E-state index contributed by atoms with van der Waals surface area (Å²) < 4.78 is 0. The fraction of sp³-hybridized carbons (Fsp3) is 0.792. The van der Waals surface area contributed by atoms with E-state index in [1.807, 2.05) is 26.0 Å². The molecule has 31 heavy (non-hydrogen) atoms. The van der Waals surface area contributed by atoms with E-state index in [1.54, 1.807) is 11.9 Å². The number of fused-ring (bicyclic) bond motifs is 1. The molecule has 0 saturated carbocycles. The van der Waals surface area contributed by atoms with Gasteiger partial charge in [0.2, 0.25) is 17.7 Å². The molecule has 2 rings (SSSR count). The minimum absolute atomic E-state index is 0.00243. The van der Waals surface area contributed by atoms with Crippen molar-refractivity contribution in [3.8, 4) is 0 Å². The molecule has 0 bridgehead atoms. The van der Waals surface area contributed by atoms with Crippen molar-refractivity contribution in [2.75, 3.05) is 20.2 Å². The number of likely N-dealkylation sites (tertiary alicyclic amines) is 1. The molecule has 1 aliphatic carbocycles.